The summed E-state index contributed by atoms with van der Waals surface area (Å²) in [7, 11) is 0. The number of hydrogen-bond donors (Lipinski definition) is 1. The molecule has 1 aromatic carbocycles. The molecular weight excluding hydrogens is 280 g/mol. The van der Waals surface area contributed by atoms with E-state index >= 15 is 0 Å². The van der Waals surface area contributed by atoms with Crippen LogP contribution < -0.4 is 5.32 Å². The molecule has 2 rings (SSSR count). The second kappa shape index (κ2) is 4.59. The normalized spacial score (nSPS) is 20.1. The molecule has 1 N–H and O–H groups in total. The summed E-state index contributed by atoms with van der Waals surface area (Å²) in [5.41, 5.74) is -0.428. The van der Waals surface area contributed by atoms with Crippen molar-refractivity contribution in [1.29, 1.82) is 0 Å². The number of rotatable bonds is 2. The molecule has 1 aromatic rings. The summed E-state index contributed by atoms with van der Waals surface area (Å²) in [5.74, 6) is -2.38. The van der Waals surface area contributed by atoms with Crippen molar-refractivity contribution in [2.75, 3.05) is 13.1 Å². The first kappa shape index (κ1) is 11.7. The Bertz CT molecular complexity index is 430. The Labute approximate surface area is 100 Å². The number of benzene rings is 1. The van der Waals surface area contributed by atoms with Crippen molar-refractivity contribution in [3.63, 3.8) is 0 Å². The van der Waals surface area contributed by atoms with Crippen LogP contribution in [0.25, 0.3) is 0 Å². The zero-order valence-corrected chi connectivity index (χ0v) is 9.98. The number of Topliss-reactive ketones (excluding diaryl/α,β-unsaturated/α-hetero) is 1. The lowest BCUT2D eigenvalue weighted by molar-refractivity contribution is 0.0921. The molecular formula is C11H10BrF2NO. The lowest BCUT2D eigenvalue weighted by atomic mass is 9.96. The van der Waals surface area contributed by atoms with E-state index in [1.54, 1.807) is 0 Å². The largest absolute Gasteiger partial charge is 0.316 e. The zero-order chi connectivity index (χ0) is 11.7. The zero-order valence-electron chi connectivity index (χ0n) is 8.40. The van der Waals surface area contributed by atoms with Gasteiger partial charge in [-0.15, -0.1) is 0 Å². The molecule has 0 saturated carbocycles. The van der Waals surface area contributed by atoms with Gasteiger partial charge in [-0.3, -0.25) is 4.79 Å². The van der Waals surface area contributed by atoms with E-state index < -0.39 is 23.0 Å². The molecule has 0 bridgehead atoms. The van der Waals surface area contributed by atoms with E-state index in [0.717, 1.165) is 6.07 Å². The van der Waals surface area contributed by atoms with Gasteiger partial charge in [0.25, 0.3) is 0 Å². The van der Waals surface area contributed by atoms with Crippen molar-refractivity contribution in [3.8, 4) is 0 Å². The summed E-state index contributed by atoms with van der Waals surface area (Å²) in [5, 5.41) is 3.00. The van der Waals surface area contributed by atoms with Crippen LogP contribution in [0.2, 0.25) is 0 Å². The van der Waals surface area contributed by atoms with Crippen LogP contribution in [0.1, 0.15) is 16.8 Å². The van der Waals surface area contributed by atoms with E-state index in [0.29, 0.717) is 19.5 Å². The first-order chi connectivity index (χ1) is 7.61. The Morgan fingerprint density at radius 2 is 2.19 bits per heavy atom. The van der Waals surface area contributed by atoms with Crippen LogP contribution in [0.4, 0.5) is 8.78 Å². The third kappa shape index (κ3) is 2.01. The highest BCUT2D eigenvalue weighted by Crippen LogP contribution is 2.25. The summed E-state index contributed by atoms with van der Waals surface area (Å²) < 4.78 is 27.2. The van der Waals surface area contributed by atoms with Crippen molar-refractivity contribution < 1.29 is 13.6 Å². The third-order valence-electron chi connectivity index (χ3n) is 2.72. The molecule has 86 valence electrons. The Kier molecular flexibility index (Phi) is 3.35. The predicted molar refractivity (Wildman–Crippen MR) is 59.4 cm³/mol. The van der Waals surface area contributed by atoms with Gasteiger partial charge in [-0.2, -0.15) is 0 Å². The summed E-state index contributed by atoms with van der Waals surface area (Å²) >= 11 is 2.95. The molecule has 0 radical (unpaired) electrons. The monoisotopic (exact) mass is 289 g/mol. The minimum atomic E-state index is -0.808. The molecule has 2 nitrogen and oxygen atoms in total. The number of carbonyl (C=O) groups excluding carboxylic acids is 1. The smallest absolute Gasteiger partial charge is 0.173 e. The number of halogens is 3. The molecule has 0 aliphatic carbocycles. The molecule has 1 heterocycles. The van der Waals surface area contributed by atoms with Crippen molar-refractivity contribution in [3.05, 3.63) is 33.8 Å². The lowest BCUT2D eigenvalue weighted by Crippen LogP contribution is -2.20. The number of carbonyl (C=O) groups is 1. The van der Waals surface area contributed by atoms with Gasteiger partial charge in [0, 0.05) is 12.5 Å². The average Bonchev–Trinajstić information content (AvgIpc) is 2.77. The molecule has 5 heteroatoms. The molecule has 16 heavy (non-hydrogen) atoms. The second-order valence-electron chi connectivity index (χ2n) is 3.77. The molecule has 1 atom stereocenters. The van der Waals surface area contributed by atoms with Crippen molar-refractivity contribution in [2.45, 2.75) is 6.42 Å². The minimum absolute atomic E-state index is 0.114. The van der Waals surface area contributed by atoms with Crippen molar-refractivity contribution in [2.24, 2.45) is 5.92 Å². The van der Waals surface area contributed by atoms with Crippen LogP contribution in [0, 0.1) is 17.6 Å². The highest BCUT2D eigenvalue weighted by atomic mass is 79.9. The summed E-state index contributed by atoms with van der Waals surface area (Å²) in [6.07, 6.45) is 0.629. The van der Waals surface area contributed by atoms with Crippen molar-refractivity contribution >= 4 is 21.7 Å². The van der Waals surface area contributed by atoms with E-state index in [9.17, 15) is 13.6 Å². The van der Waals surface area contributed by atoms with E-state index in [1.165, 1.54) is 6.07 Å². The number of hydrogen-bond acceptors (Lipinski definition) is 2. The second-order valence-corrected chi connectivity index (χ2v) is 4.63. The van der Waals surface area contributed by atoms with E-state index in [2.05, 4.69) is 21.2 Å². The van der Waals surface area contributed by atoms with Gasteiger partial charge in [0.15, 0.2) is 11.6 Å². The maximum Gasteiger partial charge on any atom is 0.173 e. The third-order valence-corrected chi connectivity index (χ3v) is 3.33. The molecule has 1 saturated heterocycles. The standard InChI is InChI=1S/C11H10BrF2NO/c12-7-1-2-8(13)9(10(7)14)11(16)6-3-4-15-5-6/h1-2,6,15H,3-5H2. The fraction of sp³-hybridized carbons (Fsp3) is 0.364. The Morgan fingerprint density at radius 3 is 2.81 bits per heavy atom. The van der Waals surface area contributed by atoms with Crippen molar-refractivity contribution in [1.82, 2.24) is 5.32 Å². The molecule has 1 aliphatic rings. The summed E-state index contributed by atoms with van der Waals surface area (Å²) in [4.78, 5) is 11.9. The summed E-state index contributed by atoms with van der Waals surface area (Å²) in [6, 6.07) is 2.36. The molecule has 0 aromatic heterocycles. The van der Waals surface area contributed by atoms with Crippen LogP contribution in [0.15, 0.2) is 16.6 Å². The SMILES string of the molecule is O=C(c1c(F)ccc(Br)c1F)C1CCNC1. The van der Waals surface area contributed by atoms with Gasteiger partial charge in [0.05, 0.1) is 10.0 Å². The maximum atomic E-state index is 13.6. The van der Waals surface area contributed by atoms with Crippen LogP contribution in [0.5, 0.6) is 0 Å². The van der Waals surface area contributed by atoms with Crippen LogP contribution in [-0.4, -0.2) is 18.9 Å². The average molecular weight is 290 g/mol. The topological polar surface area (TPSA) is 29.1 Å². The van der Waals surface area contributed by atoms with Gasteiger partial charge in [-0.1, -0.05) is 0 Å². The fourth-order valence-corrected chi connectivity index (χ4v) is 2.17. The lowest BCUT2D eigenvalue weighted by Gasteiger charge is -2.09. The number of ketones is 1. The first-order valence-electron chi connectivity index (χ1n) is 4.99. The molecule has 0 amide bonds. The molecule has 1 fully saturated rings. The van der Waals surface area contributed by atoms with Crippen LogP contribution >= 0.6 is 15.9 Å². The van der Waals surface area contributed by atoms with Gasteiger partial charge in [0.2, 0.25) is 0 Å². The Hall–Kier alpha value is -0.810. The fourth-order valence-electron chi connectivity index (χ4n) is 1.84. The molecule has 1 aliphatic heterocycles. The Balaban J connectivity index is 2.39. The highest BCUT2D eigenvalue weighted by molar-refractivity contribution is 9.10. The predicted octanol–water partition coefficient (Wildman–Crippen LogP) is 2.52. The summed E-state index contributed by atoms with van der Waals surface area (Å²) in [6.45, 7) is 1.21. The number of nitrogens with one attached hydrogen (secondary N) is 1. The van der Waals surface area contributed by atoms with Gasteiger partial charge in [-0.25, -0.2) is 8.78 Å². The van der Waals surface area contributed by atoms with E-state index in [1.807, 2.05) is 0 Å². The quantitative estimate of drug-likeness (QED) is 0.670. The van der Waals surface area contributed by atoms with Crippen LogP contribution in [-0.2, 0) is 0 Å². The van der Waals surface area contributed by atoms with Gasteiger partial charge in [0.1, 0.15) is 5.82 Å². The van der Waals surface area contributed by atoms with Gasteiger partial charge >= 0.3 is 0 Å². The van der Waals surface area contributed by atoms with E-state index in [-0.39, 0.29) is 10.4 Å². The molecule has 0 spiro atoms. The minimum Gasteiger partial charge on any atom is -0.316 e. The van der Waals surface area contributed by atoms with Crippen LogP contribution in [0.3, 0.4) is 0 Å². The first-order valence-corrected chi connectivity index (χ1v) is 5.79. The van der Waals surface area contributed by atoms with Gasteiger partial charge in [-0.05, 0) is 41.0 Å². The molecule has 1 unspecified atom stereocenters. The highest BCUT2D eigenvalue weighted by Gasteiger charge is 2.28. The maximum absolute atomic E-state index is 13.6. The van der Waals surface area contributed by atoms with E-state index in [4.69, 9.17) is 0 Å². The van der Waals surface area contributed by atoms with Gasteiger partial charge < -0.3 is 5.32 Å². The Morgan fingerprint density at radius 1 is 1.44 bits per heavy atom.